The van der Waals surface area contributed by atoms with Gasteiger partial charge in [-0.2, -0.15) is 0 Å². The molecule has 0 saturated carbocycles. The zero-order valence-electron chi connectivity index (χ0n) is 12.1. The Labute approximate surface area is 115 Å². The Morgan fingerprint density at radius 3 is 1.53 bits per heavy atom. The fraction of sp³-hybridized carbons (Fsp3) is 0.818. The molecular formula is C11H24O6P2. The van der Waals surface area contributed by atoms with E-state index in [-0.39, 0.29) is 37.9 Å². The van der Waals surface area contributed by atoms with Crippen LogP contribution in [0, 0.1) is 0 Å². The summed E-state index contributed by atoms with van der Waals surface area (Å²) in [5, 5.41) is 0.112. The van der Waals surface area contributed by atoms with Gasteiger partial charge < -0.3 is 18.1 Å². The topological polar surface area (TPSA) is 71.1 Å². The molecule has 0 radical (unpaired) electrons. The molecule has 0 aromatic rings. The van der Waals surface area contributed by atoms with Gasteiger partial charge in [-0.3, -0.25) is 9.13 Å². The van der Waals surface area contributed by atoms with Crippen LogP contribution in [0.1, 0.15) is 27.7 Å². The highest BCUT2D eigenvalue weighted by atomic mass is 31.2. The van der Waals surface area contributed by atoms with Crippen LogP contribution in [-0.2, 0) is 27.2 Å². The van der Waals surface area contributed by atoms with Crippen molar-refractivity contribution in [2.24, 2.45) is 0 Å². The molecule has 0 saturated heterocycles. The Kier molecular flexibility index (Phi) is 9.08. The van der Waals surface area contributed by atoms with Crippen molar-refractivity contribution >= 4 is 15.2 Å². The van der Waals surface area contributed by atoms with E-state index in [1.807, 2.05) is 0 Å². The van der Waals surface area contributed by atoms with Gasteiger partial charge in [0.15, 0.2) is 0 Å². The molecule has 6 nitrogen and oxygen atoms in total. The fourth-order valence-corrected chi connectivity index (χ4v) is 5.21. The molecule has 0 N–H and O–H groups in total. The van der Waals surface area contributed by atoms with E-state index in [9.17, 15) is 9.13 Å². The normalized spacial score (nSPS) is 12.6. The number of rotatable bonds is 11. The van der Waals surface area contributed by atoms with Crippen LogP contribution in [0.4, 0.5) is 0 Å². The van der Waals surface area contributed by atoms with Gasteiger partial charge in [-0.1, -0.05) is 6.58 Å². The van der Waals surface area contributed by atoms with Crippen LogP contribution in [0.2, 0.25) is 0 Å². The monoisotopic (exact) mass is 314 g/mol. The van der Waals surface area contributed by atoms with E-state index in [2.05, 4.69) is 6.58 Å². The van der Waals surface area contributed by atoms with Crippen molar-refractivity contribution in [3.8, 4) is 0 Å². The van der Waals surface area contributed by atoms with Crippen LogP contribution in [0.25, 0.3) is 0 Å². The van der Waals surface area contributed by atoms with E-state index < -0.39 is 15.2 Å². The lowest BCUT2D eigenvalue weighted by Gasteiger charge is -2.22. The minimum absolute atomic E-state index is 0.112. The van der Waals surface area contributed by atoms with Crippen molar-refractivity contribution in [1.29, 1.82) is 0 Å². The summed E-state index contributed by atoms with van der Waals surface area (Å²) in [7, 11) is -6.83. The highest BCUT2D eigenvalue weighted by Gasteiger charge is 2.35. The average molecular weight is 314 g/mol. The zero-order valence-corrected chi connectivity index (χ0v) is 13.9. The summed E-state index contributed by atoms with van der Waals surface area (Å²) in [6.07, 6.45) is -0.175. The SMILES string of the molecule is C=C(CP(=O)(OCC)OCC)P(=O)(OCC)OCC. The Hall–Kier alpha value is 0.0400. The highest BCUT2D eigenvalue weighted by molar-refractivity contribution is 7.61. The van der Waals surface area contributed by atoms with Crippen molar-refractivity contribution in [2.75, 3.05) is 32.6 Å². The number of hydrogen-bond donors (Lipinski definition) is 0. The first-order valence-electron chi connectivity index (χ1n) is 6.33. The third kappa shape index (κ3) is 6.35. The molecule has 0 aromatic heterocycles. The van der Waals surface area contributed by atoms with Gasteiger partial charge >= 0.3 is 15.2 Å². The van der Waals surface area contributed by atoms with Crippen LogP contribution < -0.4 is 0 Å². The van der Waals surface area contributed by atoms with Gasteiger partial charge in [0, 0.05) is 5.31 Å². The van der Waals surface area contributed by atoms with Crippen molar-refractivity contribution in [3.05, 3.63) is 11.9 Å². The van der Waals surface area contributed by atoms with Gasteiger partial charge in [0.05, 0.1) is 32.6 Å². The van der Waals surface area contributed by atoms with E-state index in [0.29, 0.717) is 0 Å². The van der Waals surface area contributed by atoms with Crippen LogP contribution in [0.3, 0.4) is 0 Å². The molecule has 0 rings (SSSR count). The summed E-state index contributed by atoms with van der Waals surface area (Å²) in [4.78, 5) is 0. The van der Waals surface area contributed by atoms with Gasteiger partial charge in [-0.15, -0.1) is 0 Å². The maximum Gasteiger partial charge on any atom is 0.357 e. The van der Waals surface area contributed by atoms with Gasteiger partial charge in [0.2, 0.25) is 0 Å². The predicted molar refractivity (Wildman–Crippen MR) is 75.7 cm³/mol. The molecule has 8 heteroatoms. The van der Waals surface area contributed by atoms with Crippen molar-refractivity contribution in [3.63, 3.8) is 0 Å². The van der Waals surface area contributed by atoms with Crippen molar-refractivity contribution in [2.45, 2.75) is 27.7 Å². The molecule has 0 aromatic carbocycles. The second-order valence-electron chi connectivity index (χ2n) is 3.50. The maximum absolute atomic E-state index is 12.4. The van der Waals surface area contributed by atoms with E-state index >= 15 is 0 Å². The largest absolute Gasteiger partial charge is 0.357 e. The van der Waals surface area contributed by atoms with Crippen LogP contribution >= 0.6 is 15.2 Å². The summed E-state index contributed by atoms with van der Waals surface area (Å²) in [5.41, 5.74) is 0. The van der Waals surface area contributed by atoms with Crippen LogP contribution in [0.15, 0.2) is 11.9 Å². The average Bonchev–Trinajstić information content (AvgIpc) is 2.29. The summed E-state index contributed by atoms with van der Waals surface area (Å²) < 4.78 is 45.3. The number of allylic oxidation sites excluding steroid dienone is 1. The van der Waals surface area contributed by atoms with E-state index in [1.54, 1.807) is 27.7 Å². The van der Waals surface area contributed by atoms with Crippen molar-refractivity contribution in [1.82, 2.24) is 0 Å². The molecule has 19 heavy (non-hydrogen) atoms. The second kappa shape index (κ2) is 9.06. The Morgan fingerprint density at radius 2 is 1.21 bits per heavy atom. The maximum atomic E-state index is 12.4. The summed E-state index contributed by atoms with van der Waals surface area (Å²) in [6.45, 7) is 11.4. The summed E-state index contributed by atoms with van der Waals surface area (Å²) in [6, 6.07) is 0. The third-order valence-corrected chi connectivity index (χ3v) is 6.46. The molecule has 114 valence electrons. The molecule has 0 fully saturated rings. The van der Waals surface area contributed by atoms with E-state index in [0.717, 1.165) is 0 Å². The molecule has 0 spiro atoms. The first-order chi connectivity index (χ1) is 8.87. The summed E-state index contributed by atoms with van der Waals surface area (Å²) >= 11 is 0. The molecule has 0 aliphatic carbocycles. The molecule has 0 aliphatic rings. The smallest absolute Gasteiger partial charge is 0.309 e. The van der Waals surface area contributed by atoms with Crippen LogP contribution in [0.5, 0.6) is 0 Å². The third-order valence-electron chi connectivity index (χ3n) is 2.01. The first kappa shape index (κ1) is 19.0. The molecule has 0 atom stereocenters. The highest BCUT2D eigenvalue weighted by Crippen LogP contribution is 2.61. The molecule has 0 amide bonds. The fourth-order valence-electron chi connectivity index (χ4n) is 1.39. The summed E-state index contributed by atoms with van der Waals surface area (Å²) in [5.74, 6) is 0. The lowest BCUT2D eigenvalue weighted by molar-refractivity contribution is 0.216. The van der Waals surface area contributed by atoms with Gasteiger partial charge in [-0.05, 0) is 27.7 Å². The van der Waals surface area contributed by atoms with E-state index in [1.165, 1.54) is 0 Å². The molecule has 0 bridgehead atoms. The van der Waals surface area contributed by atoms with Gasteiger partial charge in [-0.25, -0.2) is 0 Å². The Bertz CT molecular complexity index is 348. The first-order valence-corrected chi connectivity index (χ1v) is 9.60. The molecule has 0 aliphatic heterocycles. The minimum atomic E-state index is -3.48. The standard InChI is InChI=1S/C11H24O6P2/c1-6-14-18(12,15-7-2)10-11(5)19(13,16-8-3)17-9-4/h5-10H2,1-4H3. The van der Waals surface area contributed by atoms with E-state index in [4.69, 9.17) is 18.1 Å². The minimum Gasteiger partial charge on any atom is -0.309 e. The number of hydrogen-bond acceptors (Lipinski definition) is 6. The van der Waals surface area contributed by atoms with Crippen LogP contribution in [-0.4, -0.2) is 32.6 Å². The molecule has 0 heterocycles. The zero-order chi connectivity index (χ0) is 14.9. The predicted octanol–water partition coefficient (Wildman–Crippen LogP) is 4.03. The lowest BCUT2D eigenvalue weighted by Crippen LogP contribution is -2.06. The Morgan fingerprint density at radius 1 is 0.842 bits per heavy atom. The lowest BCUT2D eigenvalue weighted by atomic mass is 10.7. The second-order valence-corrected chi connectivity index (χ2v) is 7.70. The quantitative estimate of drug-likeness (QED) is 0.536. The van der Waals surface area contributed by atoms with Gasteiger partial charge in [0.25, 0.3) is 0 Å². The Balaban J connectivity index is 4.96. The molecule has 0 unspecified atom stereocenters. The molecular weight excluding hydrogens is 290 g/mol. The van der Waals surface area contributed by atoms with Crippen molar-refractivity contribution < 1.29 is 27.2 Å². The van der Waals surface area contributed by atoms with Gasteiger partial charge in [0.1, 0.15) is 0 Å².